The number of hydrogen-bond donors (Lipinski definition) is 1. The van der Waals surface area contributed by atoms with Crippen LogP contribution in [0.5, 0.6) is 0 Å². The van der Waals surface area contributed by atoms with Crippen molar-refractivity contribution in [2.24, 2.45) is 0 Å². The molecule has 0 bridgehead atoms. The Morgan fingerprint density at radius 1 is 1.47 bits per heavy atom. The predicted octanol–water partition coefficient (Wildman–Crippen LogP) is 1.91. The maximum atomic E-state index is 10.6. The molecule has 1 saturated heterocycles. The Balaban J connectivity index is 2.04. The maximum absolute atomic E-state index is 10.6. The number of hydrogen-bond acceptors (Lipinski definition) is 4. The quantitative estimate of drug-likeness (QED) is 0.782. The summed E-state index contributed by atoms with van der Waals surface area (Å²) in [5.74, 6) is 0. The van der Waals surface area contributed by atoms with Crippen molar-refractivity contribution in [2.75, 3.05) is 18.0 Å². The van der Waals surface area contributed by atoms with Crippen molar-refractivity contribution < 1.29 is 9.90 Å². The van der Waals surface area contributed by atoms with E-state index in [-0.39, 0.29) is 0 Å². The molecule has 0 aromatic carbocycles. The van der Waals surface area contributed by atoms with Crippen LogP contribution in [0.2, 0.25) is 0 Å². The lowest BCUT2D eigenvalue weighted by Gasteiger charge is -2.36. The van der Waals surface area contributed by atoms with E-state index in [1.54, 1.807) is 0 Å². The van der Waals surface area contributed by atoms with Crippen molar-refractivity contribution in [2.45, 2.75) is 25.4 Å². The zero-order valence-corrected chi connectivity index (χ0v) is 9.59. The molecule has 2 heterocycles. The summed E-state index contributed by atoms with van der Waals surface area (Å²) in [7, 11) is 0. The van der Waals surface area contributed by atoms with Crippen LogP contribution in [0.15, 0.2) is 12.1 Å². The van der Waals surface area contributed by atoms with Gasteiger partial charge >= 0.3 is 0 Å². The fraction of sp³-hybridized carbons (Fsp3) is 0.545. The Bertz CT molecular complexity index is 349. The summed E-state index contributed by atoms with van der Waals surface area (Å²) in [6, 6.07) is 3.83. The van der Waals surface area contributed by atoms with Crippen LogP contribution >= 0.6 is 11.3 Å². The second-order valence-electron chi connectivity index (χ2n) is 4.28. The van der Waals surface area contributed by atoms with Crippen molar-refractivity contribution in [1.82, 2.24) is 0 Å². The van der Waals surface area contributed by atoms with Crippen LogP contribution in [0.4, 0.5) is 5.00 Å². The minimum absolute atomic E-state index is 0.513. The first-order valence-electron chi connectivity index (χ1n) is 5.13. The van der Waals surface area contributed by atoms with E-state index < -0.39 is 5.60 Å². The molecule has 15 heavy (non-hydrogen) atoms. The van der Waals surface area contributed by atoms with Crippen molar-refractivity contribution in [3.05, 3.63) is 17.0 Å². The third-order valence-corrected chi connectivity index (χ3v) is 3.95. The Morgan fingerprint density at radius 3 is 2.67 bits per heavy atom. The first-order valence-corrected chi connectivity index (χ1v) is 5.95. The van der Waals surface area contributed by atoms with Crippen LogP contribution in [0.25, 0.3) is 0 Å². The standard InChI is InChI=1S/C11H15NO2S/c1-11(14)4-6-12(7-5-11)10-3-2-9(8-13)15-10/h2-3,8,14H,4-7H2,1H3. The zero-order chi connectivity index (χ0) is 10.9. The molecule has 0 unspecified atom stereocenters. The number of rotatable bonds is 2. The van der Waals surface area contributed by atoms with E-state index in [1.165, 1.54) is 11.3 Å². The van der Waals surface area contributed by atoms with E-state index in [9.17, 15) is 9.90 Å². The molecule has 0 radical (unpaired) electrons. The smallest absolute Gasteiger partial charge is 0.160 e. The molecular weight excluding hydrogens is 210 g/mol. The van der Waals surface area contributed by atoms with Gasteiger partial charge in [0.1, 0.15) is 0 Å². The highest BCUT2D eigenvalue weighted by molar-refractivity contribution is 7.17. The summed E-state index contributed by atoms with van der Waals surface area (Å²) in [5.41, 5.74) is -0.513. The molecule has 1 fully saturated rings. The van der Waals surface area contributed by atoms with E-state index in [4.69, 9.17) is 0 Å². The first-order chi connectivity index (χ1) is 7.11. The molecule has 0 amide bonds. The van der Waals surface area contributed by atoms with Crippen molar-refractivity contribution in [1.29, 1.82) is 0 Å². The molecule has 82 valence electrons. The van der Waals surface area contributed by atoms with Crippen molar-refractivity contribution in [3.8, 4) is 0 Å². The number of aldehydes is 1. The second-order valence-corrected chi connectivity index (χ2v) is 5.37. The zero-order valence-electron chi connectivity index (χ0n) is 8.77. The number of thiophene rings is 1. The summed E-state index contributed by atoms with van der Waals surface area (Å²) < 4.78 is 0. The summed E-state index contributed by atoms with van der Waals surface area (Å²) >= 11 is 1.52. The molecule has 4 heteroatoms. The van der Waals surface area contributed by atoms with Gasteiger partial charge in [-0.25, -0.2) is 0 Å². The van der Waals surface area contributed by atoms with Gasteiger partial charge in [0, 0.05) is 13.1 Å². The molecule has 1 aliphatic heterocycles. The van der Waals surface area contributed by atoms with E-state index >= 15 is 0 Å². The predicted molar refractivity (Wildman–Crippen MR) is 61.8 cm³/mol. The molecule has 0 aliphatic carbocycles. The van der Waals surface area contributed by atoms with Crippen LogP contribution in [0.3, 0.4) is 0 Å². The van der Waals surface area contributed by atoms with Crippen molar-refractivity contribution in [3.63, 3.8) is 0 Å². The number of aliphatic hydroxyl groups is 1. The first kappa shape index (κ1) is 10.6. The number of nitrogens with zero attached hydrogens (tertiary/aromatic N) is 1. The summed E-state index contributed by atoms with van der Waals surface area (Å²) in [6.07, 6.45) is 2.47. The SMILES string of the molecule is CC1(O)CCN(c2ccc(C=O)s2)CC1. The summed E-state index contributed by atoms with van der Waals surface area (Å²) in [6.45, 7) is 3.62. The average Bonchev–Trinajstić information content (AvgIpc) is 2.66. The number of piperidine rings is 1. The van der Waals surface area contributed by atoms with Gasteiger partial charge in [-0.05, 0) is 31.9 Å². The fourth-order valence-electron chi connectivity index (χ4n) is 1.78. The van der Waals surface area contributed by atoms with E-state index in [2.05, 4.69) is 4.90 Å². The van der Waals surface area contributed by atoms with Crippen molar-refractivity contribution >= 4 is 22.6 Å². The van der Waals surface area contributed by atoms with Gasteiger partial charge in [0.15, 0.2) is 6.29 Å². The van der Waals surface area contributed by atoms with Gasteiger partial charge in [-0.1, -0.05) is 0 Å². The molecule has 0 spiro atoms. The molecule has 1 aromatic rings. The van der Waals surface area contributed by atoms with Crippen LogP contribution < -0.4 is 4.90 Å². The van der Waals surface area contributed by atoms with E-state index in [0.717, 1.165) is 42.1 Å². The maximum Gasteiger partial charge on any atom is 0.160 e. The van der Waals surface area contributed by atoms with Gasteiger partial charge in [-0.15, -0.1) is 11.3 Å². The number of carbonyl (C=O) groups excluding carboxylic acids is 1. The Labute approximate surface area is 93.3 Å². The van der Waals surface area contributed by atoms with Gasteiger partial charge in [0.25, 0.3) is 0 Å². The Morgan fingerprint density at radius 2 is 2.13 bits per heavy atom. The lowest BCUT2D eigenvalue weighted by Crippen LogP contribution is -2.42. The highest BCUT2D eigenvalue weighted by Gasteiger charge is 2.27. The Kier molecular flexibility index (Phi) is 2.80. The molecule has 1 aliphatic rings. The molecule has 2 rings (SSSR count). The van der Waals surface area contributed by atoms with Crippen LogP contribution in [-0.2, 0) is 0 Å². The summed E-state index contributed by atoms with van der Waals surface area (Å²) in [4.78, 5) is 13.6. The minimum atomic E-state index is -0.513. The minimum Gasteiger partial charge on any atom is -0.390 e. The van der Waals surface area contributed by atoms with Crippen LogP contribution in [0.1, 0.15) is 29.4 Å². The second kappa shape index (κ2) is 3.94. The van der Waals surface area contributed by atoms with Gasteiger partial charge in [0.05, 0.1) is 15.5 Å². The molecule has 1 aromatic heterocycles. The lowest BCUT2D eigenvalue weighted by atomic mass is 9.94. The number of carbonyl (C=O) groups is 1. The third-order valence-electron chi connectivity index (χ3n) is 2.88. The fourth-order valence-corrected chi connectivity index (χ4v) is 2.66. The van der Waals surface area contributed by atoms with Gasteiger partial charge in [-0.3, -0.25) is 4.79 Å². The average molecular weight is 225 g/mol. The van der Waals surface area contributed by atoms with E-state index in [0.29, 0.717) is 0 Å². The normalized spacial score (nSPS) is 20.3. The van der Waals surface area contributed by atoms with Crippen LogP contribution in [0, 0.1) is 0 Å². The van der Waals surface area contributed by atoms with Gasteiger partial charge in [-0.2, -0.15) is 0 Å². The Hall–Kier alpha value is -0.870. The lowest BCUT2D eigenvalue weighted by molar-refractivity contribution is 0.0352. The third kappa shape index (κ3) is 2.38. The molecule has 1 N–H and O–H groups in total. The van der Waals surface area contributed by atoms with Gasteiger partial charge < -0.3 is 10.0 Å². The number of anilines is 1. The van der Waals surface area contributed by atoms with E-state index in [1.807, 2.05) is 19.1 Å². The largest absolute Gasteiger partial charge is 0.390 e. The summed E-state index contributed by atoms with van der Waals surface area (Å²) in [5, 5.41) is 10.9. The molecule has 0 atom stereocenters. The topological polar surface area (TPSA) is 40.5 Å². The van der Waals surface area contributed by atoms with Crippen LogP contribution in [-0.4, -0.2) is 30.1 Å². The molecule has 3 nitrogen and oxygen atoms in total. The monoisotopic (exact) mass is 225 g/mol. The van der Waals surface area contributed by atoms with Gasteiger partial charge in [0.2, 0.25) is 0 Å². The molecule has 0 saturated carbocycles. The highest BCUT2D eigenvalue weighted by Crippen LogP contribution is 2.30. The highest BCUT2D eigenvalue weighted by atomic mass is 32.1. The molecular formula is C11H15NO2S.